The third-order valence-electron chi connectivity index (χ3n) is 2.61. The van der Waals surface area contributed by atoms with Gasteiger partial charge in [0.05, 0.1) is 13.2 Å². The van der Waals surface area contributed by atoms with Crippen LogP contribution in [0.4, 0.5) is 0 Å². The summed E-state index contributed by atoms with van der Waals surface area (Å²) >= 11 is 3.33. The summed E-state index contributed by atoms with van der Waals surface area (Å²) in [5.74, 6) is -2.41. The molecular formula is C15H17BrO4. The summed E-state index contributed by atoms with van der Waals surface area (Å²) in [6.07, 6.45) is 0. The zero-order valence-corrected chi connectivity index (χ0v) is 13.1. The van der Waals surface area contributed by atoms with E-state index in [9.17, 15) is 9.59 Å². The zero-order chi connectivity index (χ0) is 15.1. The van der Waals surface area contributed by atoms with Gasteiger partial charge in [0.15, 0.2) is 5.92 Å². The summed E-state index contributed by atoms with van der Waals surface area (Å²) in [4.78, 5) is 23.9. The van der Waals surface area contributed by atoms with E-state index >= 15 is 0 Å². The smallest absolute Gasteiger partial charge is 0.324 e. The number of hydrogen-bond donors (Lipinski definition) is 0. The molecule has 5 heteroatoms. The Bertz CT molecular complexity index is 475. The Morgan fingerprint density at radius 1 is 1.10 bits per heavy atom. The molecule has 0 N–H and O–H groups in total. The van der Waals surface area contributed by atoms with Gasteiger partial charge in [-0.1, -0.05) is 34.6 Å². The summed E-state index contributed by atoms with van der Waals surface area (Å²) < 4.78 is 10.8. The lowest BCUT2D eigenvalue weighted by molar-refractivity contribution is -0.158. The van der Waals surface area contributed by atoms with Crippen molar-refractivity contribution in [3.63, 3.8) is 0 Å². The molecule has 0 unspecified atom stereocenters. The van der Waals surface area contributed by atoms with E-state index in [0.29, 0.717) is 11.1 Å². The number of esters is 2. The Labute approximate surface area is 126 Å². The molecule has 0 aliphatic heterocycles. The summed E-state index contributed by atoms with van der Waals surface area (Å²) in [5, 5.41) is 0. The molecule has 0 saturated carbocycles. The summed E-state index contributed by atoms with van der Waals surface area (Å²) in [7, 11) is 0. The van der Waals surface area contributed by atoms with Crippen molar-refractivity contribution in [1.29, 1.82) is 0 Å². The fourth-order valence-corrected chi connectivity index (χ4v) is 1.93. The molecule has 0 aliphatic rings. The van der Waals surface area contributed by atoms with Crippen LogP contribution >= 0.6 is 15.9 Å². The van der Waals surface area contributed by atoms with Crippen LogP contribution in [0.2, 0.25) is 0 Å². The van der Waals surface area contributed by atoms with Gasteiger partial charge in [0.2, 0.25) is 0 Å². The van der Waals surface area contributed by atoms with Crippen molar-refractivity contribution in [3.8, 4) is 0 Å². The first-order chi connectivity index (χ1) is 9.51. The first-order valence-electron chi connectivity index (χ1n) is 6.29. The highest BCUT2D eigenvalue weighted by molar-refractivity contribution is 9.10. The van der Waals surface area contributed by atoms with E-state index in [2.05, 4.69) is 22.5 Å². The molecule has 1 rings (SSSR count). The van der Waals surface area contributed by atoms with Gasteiger partial charge in [0.25, 0.3) is 0 Å². The number of rotatable bonds is 6. The molecule has 0 saturated heterocycles. The fraction of sp³-hybridized carbons (Fsp3) is 0.333. The van der Waals surface area contributed by atoms with Gasteiger partial charge in [0.1, 0.15) is 0 Å². The first-order valence-corrected chi connectivity index (χ1v) is 7.08. The van der Waals surface area contributed by atoms with Gasteiger partial charge in [-0.3, -0.25) is 9.59 Å². The second-order valence-electron chi connectivity index (χ2n) is 3.97. The number of hydrogen-bond acceptors (Lipinski definition) is 4. The minimum absolute atomic E-state index is 0.197. The SMILES string of the molecule is C=C(c1ccc(Br)cc1)C(C(=O)OCC)C(=O)OCC. The van der Waals surface area contributed by atoms with E-state index < -0.39 is 17.9 Å². The molecule has 108 valence electrons. The Morgan fingerprint density at radius 2 is 1.55 bits per heavy atom. The number of carbonyl (C=O) groups is 2. The van der Waals surface area contributed by atoms with Crippen molar-refractivity contribution >= 4 is 33.4 Å². The second-order valence-corrected chi connectivity index (χ2v) is 4.88. The summed E-state index contributed by atoms with van der Waals surface area (Å²) in [5.41, 5.74) is 1.06. The van der Waals surface area contributed by atoms with Gasteiger partial charge in [-0.25, -0.2) is 0 Å². The van der Waals surface area contributed by atoms with Crippen molar-refractivity contribution in [1.82, 2.24) is 0 Å². The molecule has 0 atom stereocenters. The average molecular weight is 341 g/mol. The number of halogens is 1. The van der Waals surface area contributed by atoms with E-state index in [1.807, 2.05) is 12.1 Å². The normalized spacial score (nSPS) is 10.2. The molecule has 0 fully saturated rings. The minimum atomic E-state index is -1.13. The van der Waals surface area contributed by atoms with Gasteiger partial charge in [-0.2, -0.15) is 0 Å². The van der Waals surface area contributed by atoms with Crippen LogP contribution in [0.5, 0.6) is 0 Å². The average Bonchev–Trinajstić information content (AvgIpc) is 2.40. The number of ether oxygens (including phenoxy) is 2. The molecule has 1 aromatic carbocycles. The Hall–Kier alpha value is -1.62. The van der Waals surface area contributed by atoms with Crippen LogP contribution in [0.15, 0.2) is 35.3 Å². The maximum Gasteiger partial charge on any atom is 0.324 e. The van der Waals surface area contributed by atoms with Crippen LogP contribution in [-0.2, 0) is 19.1 Å². The van der Waals surface area contributed by atoms with Crippen LogP contribution in [-0.4, -0.2) is 25.2 Å². The van der Waals surface area contributed by atoms with Gasteiger partial charge in [-0.15, -0.1) is 0 Å². The lowest BCUT2D eigenvalue weighted by atomic mass is 9.94. The van der Waals surface area contributed by atoms with E-state index in [-0.39, 0.29) is 13.2 Å². The van der Waals surface area contributed by atoms with Crippen LogP contribution in [0.25, 0.3) is 5.57 Å². The predicted octanol–water partition coefficient (Wildman–Crippen LogP) is 3.20. The summed E-state index contributed by atoms with van der Waals surface area (Å²) in [6.45, 7) is 7.60. The van der Waals surface area contributed by atoms with Crippen LogP contribution in [0, 0.1) is 5.92 Å². The molecule has 4 nitrogen and oxygen atoms in total. The Balaban J connectivity index is 3.03. The maximum absolute atomic E-state index is 11.9. The molecule has 0 spiro atoms. The highest BCUT2D eigenvalue weighted by Gasteiger charge is 2.32. The van der Waals surface area contributed by atoms with Gasteiger partial charge in [0, 0.05) is 4.47 Å². The van der Waals surface area contributed by atoms with E-state index in [1.54, 1.807) is 26.0 Å². The minimum Gasteiger partial charge on any atom is -0.465 e. The van der Waals surface area contributed by atoms with Gasteiger partial charge < -0.3 is 9.47 Å². The largest absolute Gasteiger partial charge is 0.465 e. The molecule has 0 heterocycles. The molecule has 0 radical (unpaired) electrons. The highest BCUT2D eigenvalue weighted by Crippen LogP contribution is 2.25. The third-order valence-corrected chi connectivity index (χ3v) is 3.14. The van der Waals surface area contributed by atoms with Crippen molar-refractivity contribution in [2.75, 3.05) is 13.2 Å². The highest BCUT2D eigenvalue weighted by atomic mass is 79.9. The Morgan fingerprint density at radius 3 is 1.95 bits per heavy atom. The van der Waals surface area contributed by atoms with Crippen LogP contribution in [0.3, 0.4) is 0 Å². The van der Waals surface area contributed by atoms with Crippen molar-refractivity contribution in [2.24, 2.45) is 5.92 Å². The lowest BCUT2D eigenvalue weighted by Gasteiger charge is -2.17. The monoisotopic (exact) mass is 340 g/mol. The quantitative estimate of drug-likeness (QED) is 0.589. The van der Waals surface area contributed by atoms with E-state index in [4.69, 9.17) is 9.47 Å². The van der Waals surface area contributed by atoms with Crippen LogP contribution in [0.1, 0.15) is 19.4 Å². The van der Waals surface area contributed by atoms with Crippen molar-refractivity contribution in [2.45, 2.75) is 13.8 Å². The van der Waals surface area contributed by atoms with E-state index in [0.717, 1.165) is 4.47 Å². The standard InChI is InChI=1S/C15H17BrO4/c1-4-19-14(17)13(15(18)20-5-2)10(3)11-6-8-12(16)9-7-11/h6-9,13H,3-5H2,1-2H3. The molecule has 0 aliphatic carbocycles. The third kappa shape index (κ3) is 4.20. The molecular weight excluding hydrogens is 324 g/mol. The van der Waals surface area contributed by atoms with Gasteiger partial charge in [-0.05, 0) is 37.1 Å². The van der Waals surface area contributed by atoms with Crippen LogP contribution < -0.4 is 0 Å². The molecule has 0 amide bonds. The fourth-order valence-electron chi connectivity index (χ4n) is 1.66. The molecule has 1 aromatic rings. The first kappa shape index (κ1) is 16.4. The Kier molecular flexibility index (Phi) is 6.45. The predicted molar refractivity (Wildman–Crippen MR) is 79.9 cm³/mol. The van der Waals surface area contributed by atoms with Crippen molar-refractivity contribution < 1.29 is 19.1 Å². The number of carbonyl (C=O) groups excluding carboxylic acids is 2. The van der Waals surface area contributed by atoms with Gasteiger partial charge >= 0.3 is 11.9 Å². The van der Waals surface area contributed by atoms with E-state index in [1.165, 1.54) is 0 Å². The summed E-state index contributed by atoms with van der Waals surface area (Å²) in [6, 6.07) is 7.18. The molecule has 0 aromatic heterocycles. The zero-order valence-electron chi connectivity index (χ0n) is 11.5. The maximum atomic E-state index is 11.9. The van der Waals surface area contributed by atoms with Crippen molar-refractivity contribution in [3.05, 3.63) is 40.9 Å². The lowest BCUT2D eigenvalue weighted by Crippen LogP contribution is -2.29. The molecule has 20 heavy (non-hydrogen) atoms. The molecule has 0 bridgehead atoms. The second kappa shape index (κ2) is 7.85. The number of benzene rings is 1. The topological polar surface area (TPSA) is 52.6 Å².